The molecule has 0 spiro atoms. The van der Waals surface area contributed by atoms with Crippen molar-refractivity contribution in [1.29, 1.82) is 0 Å². The minimum Gasteiger partial charge on any atom is -0.381 e. The van der Waals surface area contributed by atoms with E-state index in [2.05, 4.69) is 13.8 Å². The highest BCUT2D eigenvalue weighted by atomic mass is 16.5. The van der Waals surface area contributed by atoms with E-state index in [1.54, 1.807) is 14.2 Å². The summed E-state index contributed by atoms with van der Waals surface area (Å²) in [6.45, 7) is 4.21. The van der Waals surface area contributed by atoms with Crippen molar-refractivity contribution in [3.63, 3.8) is 0 Å². The van der Waals surface area contributed by atoms with Crippen LogP contribution < -0.4 is 5.73 Å². The summed E-state index contributed by atoms with van der Waals surface area (Å²) in [5.74, 6) is 0.513. The van der Waals surface area contributed by atoms with Gasteiger partial charge in [-0.3, -0.25) is 0 Å². The van der Waals surface area contributed by atoms with Gasteiger partial charge in [0.15, 0.2) is 0 Å². The third-order valence-electron chi connectivity index (χ3n) is 3.49. The minimum atomic E-state index is -0.0583. The van der Waals surface area contributed by atoms with Crippen molar-refractivity contribution in [1.82, 2.24) is 0 Å². The molecule has 0 radical (unpaired) electrons. The summed E-state index contributed by atoms with van der Waals surface area (Å²) in [6.07, 6.45) is 3.38. The van der Waals surface area contributed by atoms with Crippen LogP contribution in [0.4, 0.5) is 0 Å². The third-order valence-corrected chi connectivity index (χ3v) is 3.49. The van der Waals surface area contributed by atoms with E-state index in [9.17, 15) is 0 Å². The first-order valence-corrected chi connectivity index (χ1v) is 5.34. The second kappa shape index (κ2) is 4.60. The zero-order valence-corrected chi connectivity index (χ0v) is 9.75. The number of hydrogen-bond acceptors (Lipinski definition) is 3. The van der Waals surface area contributed by atoms with Gasteiger partial charge in [-0.2, -0.15) is 0 Å². The summed E-state index contributed by atoms with van der Waals surface area (Å²) >= 11 is 0. The standard InChI is InChI=1S/C11H23NO2/c1-8(12)9-5-10(13-3)7-11(2,6-9)14-4/h8-10H,5-7,12H2,1-4H3. The second-order valence-corrected chi connectivity index (χ2v) is 4.77. The number of ether oxygens (including phenoxy) is 2. The number of hydrogen-bond donors (Lipinski definition) is 1. The molecule has 1 aliphatic carbocycles. The quantitative estimate of drug-likeness (QED) is 0.753. The van der Waals surface area contributed by atoms with Crippen molar-refractivity contribution in [2.75, 3.05) is 14.2 Å². The van der Waals surface area contributed by atoms with Crippen LogP contribution in [-0.4, -0.2) is 32.0 Å². The highest BCUT2D eigenvalue weighted by Gasteiger charge is 2.38. The van der Waals surface area contributed by atoms with Crippen molar-refractivity contribution in [3.8, 4) is 0 Å². The lowest BCUT2D eigenvalue weighted by atomic mass is 9.75. The number of methoxy groups -OCH3 is 2. The monoisotopic (exact) mass is 201 g/mol. The molecule has 14 heavy (non-hydrogen) atoms. The Morgan fingerprint density at radius 3 is 2.43 bits per heavy atom. The summed E-state index contributed by atoms with van der Waals surface area (Å²) in [7, 11) is 3.54. The number of rotatable bonds is 3. The smallest absolute Gasteiger partial charge is 0.0678 e. The average molecular weight is 201 g/mol. The van der Waals surface area contributed by atoms with Gasteiger partial charge in [-0.15, -0.1) is 0 Å². The first kappa shape index (κ1) is 12.0. The minimum absolute atomic E-state index is 0.0583. The van der Waals surface area contributed by atoms with Gasteiger partial charge < -0.3 is 15.2 Å². The predicted octanol–water partition coefficient (Wildman–Crippen LogP) is 1.55. The van der Waals surface area contributed by atoms with Gasteiger partial charge in [0.1, 0.15) is 0 Å². The van der Waals surface area contributed by atoms with Crippen LogP contribution in [0.5, 0.6) is 0 Å². The third kappa shape index (κ3) is 2.69. The van der Waals surface area contributed by atoms with Crippen LogP contribution in [0.15, 0.2) is 0 Å². The molecule has 1 saturated carbocycles. The van der Waals surface area contributed by atoms with Gasteiger partial charge in [0.25, 0.3) is 0 Å². The summed E-state index contributed by atoms with van der Waals surface area (Å²) < 4.78 is 11.0. The lowest BCUT2D eigenvalue weighted by Crippen LogP contribution is -2.45. The molecule has 0 aliphatic heterocycles. The zero-order chi connectivity index (χ0) is 10.8. The van der Waals surface area contributed by atoms with E-state index in [-0.39, 0.29) is 11.6 Å². The molecule has 3 heteroatoms. The Hall–Kier alpha value is -0.120. The Bertz CT molecular complexity index is 184. The van der Waals surface area contributed by atoms with Crippen LogP contribution in [0.1, 0.15) is 33.1 Å². The molecule has 0 aromatic rings. The molecule has 1 fully saturated rings. The van der Waals surface area contributed by atoms with Crippen molar-refractivity contribution >= 4 is 0 Å². The molecule has 0 aromatic carbocycles. The van der Waals surface area contributed by atoms with E-state index >= 15 is 0 Å². The van der Waals surface area contributed by atoms with Crippen LogP contribution in [-0.2, 0) is 9.47 Å². The molecule has 0 amide bonds. The van der Waals surface area contributed by atoms with Crippen molar-refractivity contribution in [2.45, 2.75) is 50.9 Å². The Morgan fingerprint density at radius 2 is 2.00 bits per heavy atom. The van der Waals surface area contributed by atoms with E-state index in [0.29, 0.717) is 12.0 Å². The van der Waals surface area contributed by atoms with Crippen LogP contribution >= 0.6 is 0 Å². The van der Waals surface area contributed by atoms with E-state index < -0.39 is 0 Å². The predicted molar refractivity (Wildman–Crippen MR) is 57.2 cm³/mol. The summed E-state index contributed by atoms with van der Waals surface area (Å²) in [4.78, 5) is 0. The van der Waals surface area contributed by atoms with Crippen molar-refractivity contribution < 1.29 is 9.47 Å². The average Bonchev–Trinajstić information content (AvgIpc) is 2.17. The van der Waals surface area contributed by atoms with Crippen LogP contribution in [0.3, 0.4) is 0 Å². The molecule has 3 nitrogen and oxygen atoms in total. The van der Waals surface area contributed by atoms with E-state index in [0.717, 1.165) is 19.3 Å². The van der Waals surface area contributed by atoms with Gasteiger partial charge in [-0.05, 0) is 32.6 Å². The highest BCUT2D eigenvalue weighted by molar-refractivity contribution is 4.91. The molecule has 2 N–H and O–H groups in total. The van der Waals surface area contributed by atoms with Gasteiger partial charge in [0.05, 0.1) is 11.7 Å². The fraction of sp³-hybridized carbons (Fsp3) is 1.00. The maximum atomic E-state index is 5.95. The van der Waals surface area contributed by atoms with Crippen molar-refractivity contribution in [3.05, 3.63) is 0 Å². The molecule has 4 atom stereocenters. The first-order chi connectivity index (χ1) is 6.50. The van der Waals surface area contributed by atoms with Gasteiger partial charge in [-0.1, -0.05) is 0 Å². The summed E-state index contributed by atoms with van der Waals surface area (Å²) in [5.41, 5.74) is 5.89. The highest BCUT2D eigenvalue weighted by Crippen LogP contribution is 2.36. The second-order valence-electron chi connectivity index (χ2n) is 4.77. The first-order valence-electron chi connectivity index (χ1n) is 5.34. The topological polar surface area (TPSA) is 44.5 Å². The van der Waals surface area contributed by atoms with Crippen LogP contribution in [0.25, 0.3) is 0 Å². The molecule has 1 rings (SSSR count). The fourth-order valence-electron chi connectivity index (χ4n) is 2.37. The molecule has 0 saturated heterocycles. The molecule has 84 valence electrons. The van der Waals surface area contributed by atoms with Crippen molar-refractivity contribution in [2.24, 2.45) is 11.7 Å². The maximum absolute atomic E-state index is 5.95. The van der Waals surface area contributed by atoms with E-state index in [1.165, 1.54) is 0 Å². The normalized spacial score (nSPS) is 40.9. The fourth-order valence-corrected chi connectivity index (χ4v) is 2.37. The molecule has 1 aliphatic rings. The molecule has 4 unspecified atom stereocenters. The lowest BCUT2D eigenvalue weighted by molar-refractivity contribution is -0.0931. The molecular formula is C11H23NO2. The van der Waals surface area contributed by atoms with Gasteiger partial charge >= 0.3 is 0 Å². The largest absolute Gasteiger partial charge is 0.381 e. The molecule has 0 bridgehead atoms. The number of nitrogens with two attached hydrogens (primary N) is 1. The summed E-state index contributed by atoms with van der Waals surface area (Å²) in [6, 6.07) is 0.224. The molecule has 0 heterocycles. The lowest BCUT2D eigenvalue weighted by Gasteiger charge is -2.42. The van der Waals surface area contributed by atoms with Crippen LogP contribution in [0.2, 0.25) is 0 Å². The summed E-state index contributed by atoms with van der Waals surface area (Å²) in [5, 5.41) is 0. The van der Waals surface area contributed by atoms with E-state index in [4.69, 9.17) is 15.2 Å². The Balaban J connectivity index is 2.66. The van der Waals surface area contributed by atoms with Gasteiger partial charge in [-0.25, -0.2) is 0 Å². The SMILES string of the molecule is COC1CC(C(C)N)CC(C)(OC)C1. The van der Waals surface area contributed by atoms with Crippen LogP contribution in [0, 0.1) is 5.92 Å². The van der Waals surface area contributed by atoms with Gasteiger partial charge in [0.2, 0.25) is 0 Å². The van der Waals surface area contributed by atoms with Gasteiger partial charge in [0, 0.05) is 26.7 Å². The molecule has 0 aromatic heterocycles. The maximum Gasteiger partial charge on any atom is 0.0678 e. The molecular weight excluding hydrogens is 178 g/mol. The zero-order valence-electron chi connectivity index (χ0n) is 9.75. The van der Waals surface area contributed by atoms with E-state index in [1.807, 2.05) is 0 Å². The Kier molecular flexibility index (Phi) is 3.93. The Morgan fingerprint density at radius 1 is 1.36 bits per heavy atom. The Labute approximate surface area is 86.9 Å².